The van der Waals surface area contributed by atoms with E-state index in [1.807, 2.05) is 49.5 Å². The summed E-state index contributed by atoms with van der Waals surface area (Å²) in [5.41, 5.74) is 2.59. The van der Waals surface area contributed by atoms with E-state index in [4.69, 9.17) is 4.74 Å². The Balaban J connectivity index is 1.46. The molecule has 0 radical (unpaired) electrons. The van der Waals surface area contributed by atoms with Crippen LogP contribution in [0.25, 0.3) is 10.8 Å². The molecule has 3 aromatic carbocycles. The molecule has 148 valence electrons. The number of nitrogens with one attached hydrogen (secondary N) is 2. The first-order valence-electron chi connectivity index (χ1n) is 9.61. The lowest BCUT2D eigenvalue weighted by Crippen LogP contribution is -3.09. The molecule has 2 N–H and O–H groups in total. The third-order valence-electron chi connectivity index (χ3n) is 5.14. The molecule has 6 heteroatoms. The van der Waals surface area contributed by atoms with Gasteiger partial charge in [0.05, 0.1) is 25.5 Å². The number of methoxy groups -OCH3 is 1. The molecule has 0 spiro atoms. The highest BCUT2D eigenvalue weighted by Gasteiger charge is 2.28. The van der Waals surface area contributed by atoms with Crippen molar-refractivity contribution in [1.82, 2.24) is 0 Å². The first-order chi connectivity index (χ1) is 14.0. The Morgan fingerprint density at radius 1 is 1.10 bits per heavy atom. The van der Waals surface area contributed by atoms with Crippen molar-refractivity contribution in [3.05, 3.63) is 66.2 Å². The number of ether oxygens (including phenoxy) is 1. The molecule has 29 heavy (non-hydrogen) atoms. The van der Waals surface area contributed by atoms with Crippen molar-refractivity contribution < 1.29 is 19.2 Å². The van der Waals surface area contributed by atoms with Crippen LogP contribution in [0, 0.1) is 0 Å². The SMILES string of the molecule is COc1ccc2cc(C[NH+](C)CC(=O)N3CC(=O)Nc4ccccc43)ccc2c1. The maximum absolute atomic E-state index is 12.9. The minimum absolute atomic E-state index is 0.0565. The number of fused-ring (bicyclic) bond motifs is 2. The predicted molar refractivity (Wildman–Crippen MR) is 113 cm³/mol. The maximum atomic E-state index is 12.9. The van der Waals surface area contributed by atoms with E-state index in [1.54, 1.807) is 12.0 Å². The number of likely N-dealkylation sites (N-methyl/N-ethyl adjacent to an activating group) is 1. The van der Waals surface area contributed by atoms with E-state index in [9.17, 15) is 9.59 Å². The molecular formula is C23H24N3O3+. The molecule has 0 bridgehead atoms. The molecule has 1 unspecified atom stereocenters. The Bertz CT molecular complexity index is 1080. The van der Waals surface area contributed by atoms with Crippen molar-refractivity contribution in [2.45, 2.75) is 6.54 Å². The first kappa shape index (κ1) is 19.0. The van der Waals surface area contributed by atoms with E-state index < -0.39 is 0 Å². The van der Waals surface area contributed by atoms with Crippen molar-refractivity contribution in [1.29, 1.82) is 0 Å². The lowest BCUT2D eigenvalue weighted by atomic mass is 10.1. The van der Waals surface area contributed by atoms with Gasteiger partial charge in [0.1, 0.15) is 18.8 Å². The predicted octanol–water partition coefficient (Wildman–Crippen LogP) is 1.85. The third kappa shape index (κ3) is 4.07. The number of amides is 2. The average molecular weight is 390 g/mol. The fourth-order valence-electron chi connectivity index (χ4n) is 3.73. The normalized spacial score (nSPS) is 14.3. The molecule has 1 heterocycles. The van der Waals surface area contributed by atoms with Gasteiger partial charge in [-0.3, -0.25) is 14.5 Å². The first-order valence-corrected chi connectivity index (χ1v) is 9.61. The molecule has 2 amide bonds. The molecule has 6 nitrogen and oxygen atoms in total. The summed E-state index contributed by atoms with van der Waals surface area (Å²) in [6.45, 7) is 1.08. The molecule has 0 fully saturated rings. The smallest absolute Gasteiger partial charge is 0.282 e. The number of carbonyl (C=O) groups is 2. The molecule has 0 saturated carbocycles. The fourth-order valence-corrected chi connectivity index (χ4v) is 3.73. The highest BCUT2D eigenvalue weighted by molar-refractivity contribution is 6.10. The number of anilines is 2. The number of quaternary nitrogens is 1. The summed E-state index contributed by atoms with van der Waals surface area (Å²) >= 11 is 0. The van der Waals surface area contributed by atoms with E-state index in [0.717, 1.165) is 39.2 Å². The summed E-state index contributed by atoms with van der Waals surface area (Å²) in [6, 6.07) is 19.7. The zero-order valence-electron chi connectivity index (χ0n) is 16.6. The van der Waals surface area contributed by atoms with Gasteiger partial charge in [0, 0.05) is 5.56 Å². The summed E-state index contributed by atoms with van der Waals surface area (Å²) in [4.78, 5) is 27.5. The second-order valence-corrected chi connectivity index (χ2v) is 7.40. The van der Waals surface area contributed by atoms with Crippen molar-refractivity contribution in [2.75, 3.05) is 37.5 Å². The van der Waals surface area contributed by atoms with Gasteiger partial charge in [0.2, 0.25) is 5.91 Å². The largest absolute Gasteiger partial charge is 0.497 e. The van der Waals surface area contributed by atoms with Crippen molar-refractivity contribution in [3.8, 4) is 5.75 Å². The van der Waals surface area contributed by atoms with Gasteiger partial charge in [-0.25, -0.2) is 0 Å². The highest BCUT2D eigenvalue weighted by atomic mass is 16.5. The van der Waals surface area contributed by atoms with Gasteiger partial charge < -0.3 is 15.0 Å². The Kier molecular flexibility index (Phi) is 5.18. The van der Waals surface area contributed by atoms with Crippen LogP contribution in [0.5, 0.6) is 5.75 Å². The average Bonchev–Trinajstić information content (AvgIpc) is 2.72. The van der Waals surface area contributed by atoms with Crippen molar-refractivity contribution in [2.24, 2.45) is 0 Å². The van der Waals surface area contributed by atoms with Gasteiger partial charge in [-0.1, -0.05) is 30.3 Å². The van der Waals surface area contributed by atoms with Crippen LogP contribution in [-0.4, -0.2) is 39.1 Å². The Morgan fingerprint density at radius 3 is 2.69 bits per heavy atom. The molecule has 1 aliphatic heterocycles. The van der Waals surface area contributed by atoms with Gasteiger partial charge in [-0.2, -0.15) is 0 Å². The van der Waals surface area contributed by atoms with Crippen LogP contribution < -0.4 is 19.9 Å². The van der Waals surface area contributed by atoms with Crippen LogP contribution in [0.3, 0.4) is 0 Å². The molecule has 0 saturated heterocycles. The summed E-state index contributed by atoms with van der Waals surface area (Å²) < 4.78 is 5.28. The molecule has 3 aromatic rings. The van der Waals surface area contributed by atoms with Crippen molar-refractivity contribution >= 4 is 34.0 Å². The number of hydrogen-bond donors (Lipinski definition) is 2. The molecule has 4 rings (SSSR count). The number of rotatable bonds is 5. The van der Waals surface area contributed by atoms with Gasteiger partial charge >= 0.3 is 0 Å². The highest BCUT2D eigenvalue weighted by Crippen LogP contribution is 2.28. The van der Waals surface area contributed by atoms with Crippen LogP contribution >= 0.6 is 0 Å². The van der Waals surface area contributed by atoms with E-state index in [1.165, 1.54) is 0 Å². The minimum Gasteiger partial charge on any atom is -0.497 e. The fraction of sp³-hybridized carbons (Fsp3) is 0.217. The summed E-state index contributed by atoms with van der Waals surface area (Å²) in [7, 11) is 3.65. The van der Waals surface area contributed by atoms with Gasteiger partial charge in [-0.05, 0) is 41.1 Å². The monoisotopic (exact) mass is 390 g/mol. The summed E-state index contributed by atoms with van der Waals surface area (Å²) in [6.07, 6.45) is 0. The second-order valence-electron chi connectivity index (χ2n) is 7.40. The zero-order valence-corrected chi connectivity index (χ0v) is 16.6. The number of nitrogens with zero attached hydrogens (tertiary/aromatic N) is 1. The summed E-state index contributed by atoms with van der Waals surface area (Å²) in [5.74, 6) is 0.611. The molecule has 0 aromatic heterocycles. The number of para-hydroxylation sites is 2. The third-order valence-corrected chi connectivity index (χ3v) is 5.14. The molecule has 0 aliphatic carbocycles. The van der Waals surface area contributed by atoms with Crippen LogP contribution in [0.2, 0.25) is 0 Å². The van der Waals surface area contributed by atoms with E-state index in [2.05, 4.69) is 23.5 Å². The number of hydrogen-bond acceptors (Lipinski definition) is 3. The quantitative estimate of drug-likeness (QED) is 0.699. The van der Waals surface area contributed by atoms with Crippen LogP contribution in [0.1, 0.15) is 5.56 Å². The van der Waals surface area contributed by atoms with Crippen LogP contribution in [-0.2, 0) is 16.1 Å². The number of carbonyl (C=O) groups excluding carboxylic acids is 2. The number of benzene rings is 3. The van der Waals surface area contributed by atoms with Crippen molar-refractivity contribution in [3.63, 3.8) is 0 Å². The zero-order chi connectivity index (χ0) is 20.4. The second kappa shape index (κ2) is 7.93. The van der Waals surface area contributed by atoms with E-state index in [-0.39, 0.29) is 18.4 Å². The minimum atomic E-state index is -0.167. The van der Waals surface area contributed by atoms with Gasteiger partial charge in [0.25, 0.3) is 5.91 Å². The van der Waals surface area contributed by atoms with E-state index in [0.29, 0.717) is 12.2 Å². The Morgan fingerprint density at radius 2 is 1.86 bits per heavy atom. The Hall–Kier alpha value is -3.38. The standard InChI is InChI=1S/C23H23N3O3/c1-25(13-16-7-8-18-12-19(29-2)10-9-17(18)11-16)15-23(28)26-14-22(27)24-20-5-3-4-6-21(20)26/h3-12H,13-15H2,1-2H3,(H,24,27)/p+1. The lowest BCUT2D eigenvalue weighted by Gasteiger charge is -2.29. The Labute approximate surface area is 169 Å². The van der Waals surface area contributed by atoms with Gasteiger partial charge in [-0.15, -0.1) is 0 Å². The molecule has 1 aliphatic rings. The van der Waals surface area contributed by atoms with Crippen LogP contribution in [0.15, 0.2) is 60.7 Å². The maximum Gasteiger partial charge on any atom is 0.282 e. The molecule has 1 atom stereocenters. The lowest BCUT2D eigenvalue weighted by molar-refractivity contribution is -0.885. The van der Waals surface area contributed by atoms with Crippen LogP contribution in [0.4, 0.5) is 11.4 Å². The van der Waals surface area contributed by atoms with Gasteiger partial charge in [0.15, 0.2) is 6.54 Å². The van der Waals surface area contributed by atoms with E-state index >= 15 is 0 Å². The summed E-state index contributed by atoms with van der Waals surface area (Å²) in [5, 5.41) is 5.08. The molecular weight excluding hydrogens is 366 g/mol. The topological polar surface area (TPSA) is 63.1 Å².